The lowest BCUT2D eigenvalue weighted by molar-refractivity contribution is 0.238. The minimum Gasteiger partial charge on any atom is -0.492 e. The molecule has 3 rings (SSSR count). The summed E-state index contributed by atoms with van der Waals surface area (Å²) in [7, 11) is 0. The summed E-state index contributed by atoms with van der Waals surface area (Å²) < 4.78 is 5.84. The van der Waals surface area contributed by atoms with Crippen LogP contribution in [-0.2, 0) is 6.42 Å². The number of hydrogen-bond donors (Lipinski definition) is 2. The monoisotopic (exact) mass is 494 g/mol. The zero-order valence-electron chi connectivity index (χ0n) is 16.6. The lowest BCUT2D eigenvalue weighted by Crippen LogP contribution is -2.25. The van der Waals surface area contributed by atoms with Crippen LogP contribution in [0.3, 0.4) is 0 Å². The van der Waals surface area contributed by atoms with Crippen LogP contribution in [-0.4, -0.2) is 43.6 Å². The molecule has 0 saturated carbocycles. The Bertz CT molecular complexity index is 742. The summed E-state index contributed by atoms with van der Waals surface area (Å²) in [4.78, 5) is 6.87. The number of benzene rings is 2. The number of aryl methyl sites for hydroxylation is 1. The number of nitrogens with two attached hydrogens (primary N) is 1. The first kappa shape index (κ1) is 22.5. The largest absolute Gasteiger partial charge is 0.492 e. The van der Waals surface area contributed by atoms with Crippen molar-refractivity contribution in [2.45, 2.75) is 26.2 Å². The first-order valence-electron chi connectivity index (χ1n) is 9.77. The maximum absolute atomic E-state index is 5.97. The molecular weight excluding hydrogens is 463 g/mol. The number of aliphatic imine (C=N–C) groups is 1. The Morgan fingerprint density at radius 1 is 1.14 bits per heavy atom. The molecule has 0 radical (unpaired) electrons. The van der Waals surface area contributed by atoms with Gasteiger partial charge in [-0.3, -0.25) is 9.89 Å². The van der Waals surface area contributed by atoms with E-state index in [9.17, 15) is 0 Å². The van der Waals surface area contributed by atoms with Crippen LogP contribution in [0.5, 0.6) is 5.75 Å². The third-order valence-electron chi connectivity index (χ3n) is 4.77. The van der Waals surface area contributed by atoms with E-state index in [4.69, 9.17) is 10.5 Å². The molecule has 1 fully saturated rings. The molecule has 1 heterocycles. The zero-order chi connectivity index (χ0) is 18.9. The molecule has 1 aliphatic rings. The van der Waals surface area contributed by atoms with Gasteiger partial charge in [-0.15, -0.1) is 24.0 Å². The molecule has 0 unspecified atom stereocenters. The van der Waals surface area contributed by atoms with Crippen LogP contribution in [0.1, 0.15) is 24.0 Å². The number of guanidine groups is 1. The van der Waals surface area contributed by atoms with E-state index in [1.807, 2.05) is 30.3 Å². The Labute approximate surface area is 185 Å². The summed E-state index contributed by atoms with van der Waals surface area (Å²) >= 11 is 0. The highest BCUT2D eigenvalue weighted by Crippen LogP contribution is 2.14. The minimum absolute atomic E-state index is 0. The third-order valence-corrected chi connectivity index (χ3v) is 4.77. The molecule has 0 aliphatic carbocycles. The van der Waals surface area contributed by atoms with Crippen molar-refractivity contribution in [3.63, 3.8) is 0 Å². The van der Waals surface area contributed by atoms with E-state index in [0.717, 1.165) is 31.0 Å². The molecule has 0 atom stereocenters. The molecule has 28 heavy (non-hydrogen) atoms. The average Bonchev–Trinajstić information content (AvgIpc) is 3.16. The normalized spacial score (nSPS) is 14.5. The maximum atomic E-state index is 5.97. The summed E-state index contributed by atoms with van der Waals surface area (Å²) in [6.07, 6.45) is 3.49. The van der Waals surface area contributed by atoms with Crippen molar-refractivity contribution < 1.29 is 4.74 Å². The Hall–Kier alpha value is -1.80. The van der Waals surface area contributed by atoms with Crippen molar-refractivity contribution in [1.82, 2.24) is 4.90 Å². The van der Waals surface area contributed by atoms with Crippen molar-refractivity contribution in [3.8, 4) is 5.75 Å². The smallest absolute Gasteiger partial charge is 0.193 e. The highest BCUT2D eigenvalue weighted by Gasteiger charge is 2.10. The first-order chi connectivity index (χ1) is 13.2. The van der Waals surface area contributed by atoms with Gasteiger partial charge in [0.15, 0.2) is 5.96 Å². The molecule has 0 amide bonds. The van der Waals surface area contributed by atoms with Crippen molar-refractivity contribution in [2.75, 3.05) is 38.1 Å². The van der Waals surface area contributed by atoms with Gasteiger partial charge in [-0.25, -0.2) is 0 Å². The molecule has 2 aromatic carbocycles. The van der Waals surface area contributed by atoms with Crippen molar-refractivity contribution >= 4 is 35.6 Å². The van der Waals surface area contributed by atoms with E-state index >= 15 is 0 Å². The van der Waals surface area contributed by atoms with Gasteiger partial charge in [0.2, 0.25) is 0 Å². The molecule has 0 bridgehead atoms. The molecule has 5 nitrogen and oxygen atoms in total. The van der Waals surface area contributed by atoms with Gasteiger partial charge in [-0.05, 0) is 74.7 Å². The van der Waals surface area contributed by atoms with E-state index in [2.05, 4.69) is 40.3 Å². The Balaban J connectivity index is 0.00000280. The fourth-order valence-electron chi connectivity index (χ4n) is 3.27. The van der Waals surface area contributed by atoms with Gasteiger partial charge in [-0.2, -0.15) is 0 Å². The zero-order valence-corrected chi connectivity index (χ0v) is 18.9. The second kappa shape index (κ2) is 11.9. The van der Waals surface area contributed by atoms with Crippen LogP contribution in [0.4, 0.5) is 5.69 Å². The standard InChI is InChI=1S/C22H30N4O.HI/c1-18-5-4-6-20(17-18)25-22(23)24-12-11-19-7-9-21(10-8-19)27-16-15-26-13-2-3-14-26;/h4-10,17H,2-3,11-16H2,1H3,(H3,23,24,25);1H. The second-order valence-electron chi connectivity index (χ2n) is 7.05. The molecule has 0 aromatic heterocycles. The van der Waals surface area contributed by atoms with Gasteiger partial charge >= 0.3 is 0 Å². The number of likely N-dealkylation sites (tertiary alicyclic amines) is 1. The average molecular weight is 494 g/mol. The maximum Gasteiger partial charge on any atom is 0.193 e. The molecular formula is C22H31IN4O. The van der Waals surface area contributed by atoms with Gasteiger partial charge in [0, 0.05) is 18.8 Å². The van der Waals surface area contributed by atoms with Gasteiger partial charge < -0.3 is 15.8 Å². The number of rotatable bonds is 8. The molecule has 1 saturated heterocycles. The third kappa shape index (κ3) is 7.67. The highest BCUT2D eigenvalue weighted by molar-refractivity contribution is 14.0. The molecule has 0 spiro atoms. The highest BCUT2D eigenvalue weighted by atomic mass is 127. The van der Waals surface area contributed by atoms with E-state index in [0.29, 0.717) is 12.5 Å². The first-order valence-corrected chi connectivity index (χ1v) is 9.77. The number of halogens is 1. The molecule has 152 valence electrons. The Morgan fingerprint density at radius 2 is 1.89 bits per heavy atom. The number of hydrogen-bond acceptors (Lipinski definition) is 3. The number of anilines is 1. The van der Waals surface area contributed by atoms with Crippen LogP contribution in [0.15, 0.2) is 53.5 Å². The fourth-order valence-corrected chi connectivity index (χ4v) is 3.27. The fraction of sp³-hybridized carbons (Fsp3) is 0.409. The lowest BCUT2D eigenvalue weighted by Gasteiger charge is -2.15. The van der Waals surface area contributed by atoms with Crippen LogP contribution in [0.2, 0.25) is 0 Å². The topological polar surface area (TPSA) is 62.9 Å². The van der Waals surface area contributed by atoms with Gasteiger partial charge in [-0.1, -0.05) is 24.3 Å². The lowest BCUT2D eigenvalue weighted by atomic mass is 10.1. The Kier molecular flexibility index (Phi) is 9.57. The van der Waals surface area contributed by atoms with Crippen molar-refractivity contribution in [3.05, 3.63) is 59.7 Å². The SMILES string of the molecule is Cc1cccc(NC(N)=NCCc2ccc(OCCN3CCCC3)cc2)c1.I. The van der Waals surface area contributed by atoms with E-state index in [1.165, 1.54) is 37.1 Å². The second-order valence-corrected chi connectivity index (χ2v) is 7.05. The van der Waals surface area contributed by atoms with Gasteiger partial charge in [0.25, 0.3) is 0 Å². The molecule has 2 aromatic rings. The summed E-state index contributed by atoms with van der Waals surface area (Å²) in [5, 5.41) is 3.13. The molecule has 3 N–H and O–H groups in total. The molecule has 1 aliphatic heterocycles. The van der Waals surface area contributed by atoms with Gasteiger partial charge in [0.1, 0.15) is 12.4 Å². The number of nitrogens with one attached hydrogen (secondary N) is 1. The summed E-state index contributed by atoms with van der Waals surface area (Å²) in [6, 6.07) is 16.4. The predicted molar refractivity (Wildman–Crippen MR) is 128 cm³/mol. The van der Waals surface area contributed by atoms with Crippen LogP contribution < -0.4 is 15.8 Å². The van der Waals surface area contributed by atoms with E-state index < -0.39 is 0 Å². The quantitative estimate of drug-likeness (QED) is 0.330. The Morgan fingerprint density at radius 3 is 2.61 bits per heavy atom. The van der Waals surface area contributed by atoms with Crippen molar-refractivity contribution in [1.29, 1.82) is 0 Å². The summed E-state index contributed by atoms with van der Waals surface area (Å²) in [5.74, 6) is 1.38. The van der Waals surface area contributed by atoms with E-state index in [-0.39, 0.29) is 24.0 Å². The van der Waals surface area contributed by atoms with E-state index in [1.54, 1.807) is 0 Å². The van der Waals surface area contributed by atoms with Crippen LogP contribution in [0.25, 0.3) is 0 Å². The van der Waals surface area contributed by atoms with Gasteiger partial charge in [0.05, 0.1) is 0 Å². The number of nitrogens with zero attached hydrogens (tertiary/aromatic N) is 2. The van der Waals surface area contributed by atoms with Crippen LogP contribution >= 0.6 is 24.0 Å². The minimum atomic E-state index is 0. The summed E-state index contributed by atoms with van der Waals surface area (Å²) in [5.41, 5.74) is 9.35. The van der Waals surface area contributed by atoms with Crippen molar-refractivity contribution in [2.24, 2.45) is 10.7 Å². The predicted octanol–water partition coefficient (Wildman–Crippen LogP) is 4.06. The summed E-state index contributed by atoms with van der Waals surface area (Å²) in [6.45, 7) is 6.90. The van der Waals surface area contributed by atoms with Crippen LogP contribution in [0, 0.1) is 6.92 Å². The number of ether oxygens (including phenoxy) is 1. The molecule has 6 heteroatoms.